The number of ether oxygens (including phenoxy) is 3. The van der Waals surface area contributed by atoms with Gasteiger partial charge in [0.15, 0.2) is 17.9 Å². The Morgan fingerprint density at radius 3 is 2.21 bits per heavy atom. The maximum atomic E-state index is 13.3. The average Bonchev–Trinajstić information content (AvgIpc) is 3.10. The summed E-state index contributed by atoms with van der Waals surface area (Å²) < 4.78 is 16.9. The number of benzene rings is 2. The van der Waals surface area contributed by atoms with Crippen LogP contribution in [0.25, 0.3) is 0 Å². The first-order chi connectivity index (χ1) is 24.7. The molecule has 5 N–H and O–H groups in total. The minimum atomic E-state index is -1.42. The Balaban J connectivity index is 0.000000557. The van der Waals surface area contributed by atoms with Crippen molar-refractivity contribution >= 4 is 35.9 Å². The number of anilines is 1. The van der Waals surface area contributed by atoms with Crippen LogP contribution in [0.1, 0.15) is 115 Å². The highest BCUT2D eigenvalue weighted by molar-refractivity contribution is 6.01. The number of esters is 3. The van der Waals surface area contributed by atoms with E-state index in [0.717, 1.165) is 31.2 Å². The summed E-state index contributed by atoms with van der Waals surface area (Å²) >= 11 is 0. The van der Waals surface area contributed by atoms with Crippen LogP contribution in [0.5, 0.6) is 17.2 Å². The van der Waals surface area contributed by atoms with Crippen molar-refractivity contribution in [3.05, 3.63) is 47.5 Å². The van der Waals surface area contributed by atoms with Crippen molar-refractivity contribution in [3.63, 3.8) is 0 Å². The van der Waals surface area contributed by atoms with Gasteiger partial charge in [0.25, 0.3) is 5.91 Å². The number of unbranched alkanes of at least 4 members (excludes halogenated alkanes) is 5. The van der Waals surface area contributed by atoms with Crippen LogP contribution >= 0.6 is 0 Å². The zero-order valence-corrected chi connectivity index (χ0v) is 31.2. The summed E-state index contributed by atoms with van der Waals surface area (Å²) in [5, 5.41) is 33.7. The third-order valence-electron chi connectivity index (χ3n) is 8.60. The molecule has 1 saturated heterocycles. The second-order valence-electron chi connectivity index (χ2n) is 13.5. The number of hydrogen-bond donors (Lipinski definition) is 5. The first kappa shape index (κ1) is 43.4. The molecule has 2 aromatic rings. The molecule has 52 heavy (non-hydrogen) atoms. The van der Waals surface area contributed by atoms with E-state index in [1.54, 1.807) is 12.1 Å². The molecule has 3 rings (SSSR count). The van der Waals surface area contributed by atoms with Gasteiger partial charge in [-0.1, -0.05) is 78.4 Å². The molecule has 1 fully saturated rings. The molecule has 0 spiro atoms. The number of nitrogens with one attached hydrogen (secondary N) is 2. The molecule has 0 aromatic heterocycles. The first-order valence-corrected chi connectivity index (χ1v) is 18.2. The largest absolute Gasteiger partial charge is 0.508 e. The first-order valence-electron chi connectivity index (χ1n) is 18.2. The van der Waals surface area contributed by atoms with Gasteiger partial charge in [-0.2, -0.15) is 0 Å². The maximum absolute atomic E-state index is 13.3. The molecular formula is C39H56N2O11. The Bertz CT molecular complexity index is 1480. The molecule has 13 nitrogen and oxygen atoms in total. The van der Waals surface area contributed by atoms with Crippen LogP contribution in [0.15, 0.2) is 36.4 Å². The van der Waals surface area contributed by atoms with Gasteiger partial charge >= 0.3 is 17.9 Å². The molecule has 5 unspecified atom stereocenters. The van der Waals surface area contributed by atoms with E-state index in [-0.39, 0.29) is 35.1 Å². The zero-order chi connectivity index (χ0) is 38.8. The van der Waals surface area contributed by atoms with E-state index < -0.39 is 59.8 Å². The lowest BCUT2D eigenvalue weighted by Crippen LogP contribution is -2.50. The van der Waals surface area contributed by atoms with Crippen LogP contribution in [-0.2, 0) is 39.8 Å². The molecule has 1 aliphatic heterocycles. The Labute approximate surface area is 306 Å². The molecule has 288 valence electrons. The van der Waals surface area contributed by atoms with Crippen LogP contribution in [0.3, 0.4) is 0 Å². The fraction of sp³-hybridized carbons (Fsp3) is 0.564. The number of para-hydroxylation sites is 1. The van der Waals surface area contributed by atoms with Crippen molar-refractivity contribution in [2.24, 2.45) is 11.8 Å². The minimum Gasteiger partial charge on any atom is -0.508 e. The predicted molar refractivity (Wildman–Crippen MR) is 195 cm³/mol. The van der Waals surface area contributed by atoms with Crippen molar-refractivity contribution in [2.75, 3.05) is 5.32 Å². The number of cyclic esters (lactones) is 2. The zero-order valence-electron chi connectivity index (χ0n) is 31.2. The Morgan fingerprint density at radius 2 is 1.58 bits per heavy atom. The summed E-state index contributed by atoms with van der Waals surface area (Å²) in [6.45, 7) is 10.9. The lowest BCUT2D eigenvalue weighted by atomic mass is 9.92. The van der Waals surface area contributed by atoms with Gasteiger partial charge in [-0.05, 0) is 62.8 Å². The van der Waals surface area contributed by atoms with E-state index in [1.165, 1.54) is 57.4 Å². The lowest BCUT2D eigenvalue weighted by molar-refractivity contribution is -0.175. The van der Waals surface area contributed by atoms with Crippen molar-refractivity contribution in [1.82, 2.24) is 5.32 Å². The highest BCUT2D eigenvalue weighted by Gasteiger charge is 2.44. The maximum Gasteiger partial charge on any atom is 0.332 e. The van der Waals surface area contributed by atoms with Gasteiger partial charge in [0.1, 0.15) is 23.7 Å². The van der Waals surface area contributed by atoms with Crippen molar-refractivity contribution in [3.8, 4) is 17.2 Å². The number of aromatic hydroxyl groups is 3. The van der Waals surface area contributed by atoms with E-state index in [2.05, 4.69) is 17.6 Å². The van der Waals surface area contributed by atoms with Gasteiger partial charge < -0.3 is 40.2 Å². The topological polar surface area (TPSA) is 198 Å². The number of amides is 2. The van der Waals surface area contributed by atoms with Gasteiger partial charge in [-0.25, -0.2) is 4.79 Å². The lowest BCUT2D eigenvalue weighted by Gasteiger charge is -2.29. The summed E-state index contributed by atoms with van der Waals surface area (Å²) in [7, 11) is 0. The third-order valence-corrected chi connectivity index (χ3v) is 8.60. The average molecular weight is 729 g/mol. The van der Waals surface area contributed by atoms with Crippen molar-refractivity contribution in [1.29, 1.82) is 0 Å². The predicted octanol–water partition coefficient (Wildman–Crippen LogP) is 6.31. The molecule has 2 aromatic carbocycles. The van der Waals surface area contributed by atoms with Crippen molar-refractivity contribution in [2.45, 2.75) is 130 Å². The standard InChI is InChI=1S/C27H38N2O9.C12H18O2/c1-6-7-8-10-19-24(38-21(31)13-15(2)3)17(5)37-27(35)22(16(4)36-26(19)34)29-25(33)18-11-9-12-20(23(18)32)28-14-30;1-2-3-4-5-6-10-7-8-11(13)9-12(10)14/h9,11-12,14-17,19,22,24,32H,6-8,10,13H2,1-5H3,(H,28,30)(H,29,33);7-9,13-14H,2-6H2,1H3. The van der Waals surface area contributed by atoms with Crippen molar-refractivity contribution < 1.29 is 53.5 Å². The second-order valence-corrected chi connectivity index (χ2v) is 13.5. The van der Waals surface area contributed by atoms with Gasteiger partial charge in [0.05, 0.1) is 17.2 Å². The van der Waals surface area contributed by atoms with Crippen LogP contribution in [0.2, 0.25) is 0 Å². The number of aryl methyl sites for hydroxylation is 1. The van der Waals surface area contributed by atoms with Gasteiger partial charge in [0.2, 0.25) is 6.41 Å². The summed E-state index contributed by atoms with van der Waals surface area (Å²) in [6, 6.07) is 7.51. The minimum absolute atomic E-state index is 0.00114. The van der Waals surface area contributed by atoms with E-state index in [9.17, 15) is 34.2 Å². The van der Waals surface area contributed by atoms with Gasteiger partial charge in [-0.15, -0.1) is 0 Å². The van der Waals surface area contributed by atoms with Crippen LogP contribution in [0, 0.1) is 11.8 Å². The van der Waals surface area contributed by atoms with Gasteiger partial charge in [0, 0.05) is 12.5 Å². The van der Waals surface area contributed by atoms with Crippen LogP contribution in [-0.4, -0.2) is 69.9 Å². The molecular weight excluding hydrogens is 672 g/mol. The number of phenolic OH excluding ortho intramolecular Hbond substituents is 3. The molecule has 1 heterocycles. The number of rotatable bonds is 16. The molecule has 1 aliphatic rings. The summed E-state index contributed by atoms with van der Waals surface area (Å²) in [6.07, 6.45) is 5.74. The molecule has 0 aliphatic carbocycles. The highest BCUT2D eigenvalue weighted by atomic mass is 16.6. The summed E-state index contributed by atoms with van der Waals surface area (Å²) in [4.78, 5) is 62.7. The molecule has 0 saturated carbocycles. The number of phenols is 3. The quantitative estimate of drug-likeness (QED) is 0.0427. The molecule has 13 heteroatoms. The monoisotopic (exact) mass is 728 g/mol. The van der Waals surface area contributed by atoms with Crippen LogP contribution in [0.4, 0.5) is 5.69 Å². The second kappa shape index (κ2) is 22.2. The molecule has 2 amide bonds. The number of carbonyl (C=O) groups excluding carboxylic acids is 5. The van der Waals surface area contributed by atoms with E-state index in [0.29, 0.717) is 19.3 Å². The summed E-state index contributed by atoms with van der Waals surface area (Å²) in [5.74, 6) is -3.94. The smallest absolute Gasteiger partial charge is 0.332 e. The van der Waals surface area contributed by atoms with E-state index in [1.807, 2.05) is 20.8 Å². The van der Waals surface area contributed by atoms with E-state index >= 15 is 0 Å². The highest BCUT2D eigenvalue weighted by Crippen LogP contribution is 2.29. The SMILES string of the molecule is CCCCCC1C(=O)OC(C)C(NC(=O)c2cccc(NC=O)c2O)C(=O)OC(C)C1OC(=O)CC(C)C.CCCCCCc1ccc(O)cc1O. The van der Waals surface area contributed by atoms with Crippen LogP contribution < -0.4 is 10.6 Å². The van der Waals surface area contributed by atoms with Gasteiger partial charge in [-0.3, -0.25) is 19.2 Å². The number of hydrogen-bond acceptors (Lipinski definition) is 11. The summed E-state index contributed by atoms with van der Waals surface area (Å²) in [5.41, 5.74) is 0.715. The molecule has 0 bridgehead atoms. The Kier molecular flexibility index (Phi) is 18.5. The molecule has 0 radical (unpaired) electrons. The fourth-order valence-electron chi connectivity index (χ4n) is 5.73. The molecule has 5 atom stereocenters. The third kappa shape index (κ3) is 13.7. The Hall–Kier alpha value is -4.81. The number of carbonyl (C=O) groups is 5. The van der Waals surface area contributed by atoms with E-state index in [4.69, 9.17) is 19.3 Å². The fourth-order valence-corrected chi connectivity index (χ4v) is 5.73. The Morgan fingerprint density at radius 1 is 0.904 bits per heavy atom. The normalized spacial score (nSPS) is 20.2.